The predicted molar refractivity (Wildman–Crippen MR) is 68.5 cm³/mol. The Balaban J connectivity index is 1.97. The van der Waals surface area contributed by atoms with Crippen LogP contribution in [0.4, 0.5) is 0 Å². The molecule has 0 atom stereocenters. The molecular formula is C14H23NO2. The van der Waals surface area contributed by atoms with Gasteiger partial charge in [0.05, 0.1) is 7.11 Å². The molecular weight excluding hydrogens is 214 g/mol. The van der Waals surface area contributed by atoms with Gasteiger partial charge in [0.25, 0.3) is 0 Å². The van der Waals surface area contributed by atoms with Crippen molar-refractivity contribution in [3.05, 3.63) is 0 Å². The number of carbonyl (C=O) groups excluding carboxylic acids is 1. The zero-order valence-electron chi connectivity index (χ0n) is 10.8. The molecule has 0 aromatic carbocycles. The van der Waals surface area contributed by atoms with Crippen LogP contribution in [-0.4, -0.2) is 37.6 Å². The van der Waals surface area contributed by atoms with E-state index in [0.29, 0.717) is 12.3 Å². The third kappa shape index (κ3) is 5.74. The summed E-state index contributed by atoms with van der Waals surface area (Å²) in [6, 6.07) is 0. The first-order chi connectivity index (χ1) is 8.26. The van der Waals surface area contributed by atoms with Crippen LogP contribution in [0, 0.1) is 18.3 Å². The summed E-state index contributed by atoms with van der Waals surface area (Å²) in [6.45, 7) is 3.40. The van der Waals surface area contributed by atoms with E-state index in [0.717, 1.165) is 51.7 Å². The first kappa shape index (κ1) is 14.1. The van der Waals surface area contributed by atoms with Gasteiger partial charge in [-0.3, -0.25) is 4.79 Å². The van der Waals surface area contributed by atoms with Gasteiger partial charge in [0.15, 0.2) is 0 Å². The molecule has 17 heavy (non-hydrogen) atoms. The van der Waals surface area contributed by atoms with E-state index in [2.05, 4.69) is 15.6 Å². The van der Waals surface area contributed by atoms with Gasteiger partial charge in [-0.2, -0.15) is 0 Å². The van der Waals surface area contributed by atoms with Gasteiger partial charge < -0.3 is 9.64 Å². The highest BCUT2D eigenvalue weighted by atomic mass is 16.5. The number of carbonyl (C=O) groups is 1. The molecule has 1 heterocycles. The highest BCUT2D eigenvalue weighted by Crippen LogP contribution is 2.16. The van der Waals surface area contributed by atoms with Gasteiger partial charge >= 0.3 is 5.97 Å². The Morgan fingerprint density at radius 3 is 2.65 bits per heavy atom. The largest absolute Gasteiger partial charge is 0.469 e. The Kier molecular flexibility index (Phi) is 6.73. The number of nitrogens with zero attached hydrogens (tertiary/aromatic N) is 1. The highest BCUT2D eigenvalue weighted by molar-refractivity contribution is 5.68. The summed E-state index contributed by atoms with van der Waals surface area (Å²) in [5, 5.41) is 0. The Morgan fingerprint density at radius 1 is 1.35 bits per heavy atom. The molecule has 1 fully saturated rings. The van der Waals surface area contributed by atoms with E-state index in [1.165, 1.54) is 7.11 Å². The smallest absolute Gasteiger partial charge is 0.305 e. The summed E-state index contributed by atoms with van der Waals surface area (Å²) in [4.78, 5) is 13.4. The first-order valence-electron chi connectivity index (χ1n) is 6.51. The van der Waals surface area contributed by atoms with E-state index >= 15 is 0 Å². The van der Waals surface area contributed by atoms with Crippen molar-refractivity contribution in [1.29, 1.82) is 0 Å². The maximum atomic E-state index is 10.9. The summed E-state index contributed by atoms with van der Waals surface area (Å²) in [6.07, 6.45) is 11.4. The lowest BCUT2D eigenvalue weighted by Crippen LogP contribution is -2.33. The van der Waals surface area contributed by atoms with Crippen LogP contribution < -0.4 is 0 Å². The lowest BCUT2D eigenvalue weighted by molar-refractivity contribution is -0.140. The minimum Gasteiger partial charge on any atom is -0.469 e. The molecule has 1 aliphatic heterocycles. The fourth-order valence-electron chi connectivity index (χ4n) is 2.21. The summed E-state index contributed by atoms with van der Waals surface area (Å²) in [7, 11) is 1.44. The number of terminal acetylenes is 1. The lowest BCUT2D eigenvalue weighted by atomic mass is 9.98. The van der Waals surface area contributed by atoms with Gasteiger partial charge in [-0.05, 0) is 45.3 Å². The molecule has 0 bridgehead atoms. The molecule has 0 amide bonds. The van der Waals surface area contributed by atoms with Crippen LogP contribution >= 0.6 is 0 Å². The summed E-state index contributed by atoms with van der Waals surface area (Å²) in [5.41, 5.74) is 0. The minimum absolute atomic E-state index is 0.0974. The van der Waals surface area contributed by atoms with Crippen LogP contribution in [0.1, 0.15) is 38.5 Å². The first-order valence-corrected chi connectivity index (χ1v) is 6.51. The monoisotopic (exact) mass is 237 g/mol. The van der Waals surface area contributed by atoms with Crippen LogP contribution in [0.25, 0.3) is 0 Å². The second kappa shape index (κ2) is 8.14. The number of methoxy groups -OCH3 is 1. The normalized spacial score (nSPS) is 17.6. The predicted octanol–water partition coefficient (Wildman–Crippen LogP) is 2.06. The van der Waals surface area contributed by atoms with Crippen LogP contribution in [0.2, 0.25) is 0 Å². The molecule has 96 valence electrons. The molecule has 0 aromatic heterocycles. The third-order valence-electron chi connectivity index (χ3n) is 3.41. The second-order valence-electron chi connectivity index (χ2n) is 4.67. The number of ether oxygens (including phenoxy) is 1. The Labute approximate surface area is 105 Å². The number of hydrogen-bond donors (Lipinski definition) is 0. The molecule has 0 N–H and O–H groups in total. The van der Waals surface area contributed by atoms with Gasteiger partial charge in [-0.1, -0.05) is 6.42 Å². The third-order valence-corrected chi connectivity index (χ3v) is 3.41. The van der Waals surface area contributed by atoms with Gasteiger partial charge in [-0.25, -0.2) is 0 Å². The fraction of sp³-hybridized carbons (Fsp3) is 0.786. The van der Waals surface area contributed by atoms with E-state index in [4.69, 9.17) is 6.42 Å². The molecule has 0 spiro atoms. The summed E-state index contributed by atoms with van der Waals surface area (Å²) < 4.78 is 4.60. The second-order valence-corrected chi connectivity index (χ2v) is 4.67. The topological polar surface area (TPSA) is 29.5 Å². The summed E-state index contributed by atoms with van der Waals surface area (Å²) in [5.74, 6) is 3.24. The highest BCUT2D eigenvalue weighted by Gasteiger charge is 2.16. The van der Waals surface area contributed by atoms with Gasteiger partial charge in [0, 0.05) is 12.3 Å². The lowest BCUT2D eigenvalue weighted by Gasteiger charge is -2.29. The maximum Gasteiger partial charge on any atom is 0.305 e. The van der Waals surface area contributed by atoms with E-state index in [-0.39, 0.29) is 5.97 Å². The number of hydrogen-bond acceptors (Lipinski definition) is 3. The standard InChI is InChI=1S/C14H23NO2/c1-3-13-8-11-15(12-9-13)10-6-4-5-7-14(16)17-2/h1,13H,4-12H2,2H3. The van der Waals surface area contributed by atoms with Crippen LogP contribution in [0.5, 0.6) is 0 Å². The quantitative estimate of drug-likeness (QED) is 0.402. The van der Waals surface area contributed by atoms with Gasteiger partial charge in [0.1, 0.15) is 0 Å². The van der Waals surface area contributed by atoms with Crippen LogP contribution in [0.3, 0.4) is 0 Å². The van der Waals surface area contributed by atoms with Crippen molar-refractivity contribution < 1.29 is 9.53 Å². The molecule has 0 radical (unpaired) electrons. The molecule has 0 unspecified atom stereocenters. The number of rotatable bonds is 6. The van der Waals surface area contributed by atoms with E-state index in [1.807, 2.05) is 0 Å². The molecule has 1 rings (SSSR count). The zero-order valence-corrected chi connectivity index (χ0v) is 10.8. The van der Waals surface area contributed by atoms with Crippen molar-refractivity contribution in [2.24, 2.45) is 5.92 Å². The van der Waals surface area contributed by atoms with Crippen molar-refractivity contribution >= 4 is 5.97 Å². The van der Waals surface area contributed by atoms with Crippen LogP contribution in [0.15, 0.2) is 0 Å². The van der Waals surface area contributed by atoms with Crippen molar-refractivity contribution in [1.82, 2.24) is 4.90 Å². The Morgan fingerprint density at radius 2 is 2.06 bits per heavy atom. The average Bonchev–Trinajstić information content (AvgIpc) is 2.38. The van der Waals surface area contributed by atoms with Crippen LogP contribution in [-0.2, 0) is 9.53 Å². The summed E-state index contributed by atoms with van der Waals surface area (Å²) >= 11 is 0. The Hall–Kier alpha value is -1.01. The molecule has 3 heteroatoms. The maximum absolute atomic E-state index is 10.9. The van der Waals surface area contributed by atoms with Gasteiger partial charge in [0.2, 0.25) is 0 Å². The number of unbranched alkanes of at least 4 members (excludes halogenated alkanes) is 2. The van der Waals surface area contributed by atoms with Crippen molar-refractivity contribution in [3.63, 3.8) is 0 Å². The van der Waals surface area contributed by atoms with Crippen molar-refractivity contribution in [2.75, 3.05) is 26.7 Å². The fourth-order valence-corrected chi connectivity index (χ4v) is 2.21. The van der Waals surface area contributed by atoms with E-state index in [1.54, 1.807) is 0 Å². The Bertz CT molecular complexity index is 262. The molecule has 0 aliphatic carbocycles. The average molecular weight is 237 g/mol. The number of likely N-dealkylation sites (tertiary alicyclic amines) is 1. The molecule has 3 nitrogen and oxygen atoms in total. The van der Waals surface area contributed by atoms with Crippen molar-refractivity contribution in [3.8, 4) is 12.3 Å². The van der Waals surface area contributed by atoms with Gasteiger partial charge in [-0.15, -0.1) is 12.3 Å². The number of piperidine rings is 1. The zero-order chi connectivity index (χ0) is 12.5. The van der Waals surface area contributed by atoms with E-state index in [9.17, 15) is 4.79 Å². The molecule has 1 aliphatic rings. The molecule has 1 saturated heterocycles. The molecule has 0 saturated carbocycles. The minimum atomic E-state index is -0.0974. The van der Waals surface area contributed by atoms with Crippen molar-refractivity contribution in [2.45, 2.75) is 38.5 Å². The molecule has 0 aromatic rings. The SMILES string of the molecule is C#CC1CCN(CCCCCC(=O)OC)CC1. The number of esters is 1. The van der Waals surface area contributed by atoms with E-state index < -0.39 is 0 Å².